The standard InChI is InChI=1S/C19H29N3O4S2/c23-19(18-15-16-5-3-1-2-4-6-17(16)27-18)20-7-9-21(10-8-20)28(24,25)22-11-13-26-14-12-22/h15H,1-14H2. The highest BCUT2D eigenvalue weighted by atomic mass is 32.2. The number of rotatable bonds is 3. The van der Waals surface area contributed by atoms with E-state index in [1.165, 1.54) is 44.7 Å². The van der Waals surface area contributed by atoms with Gasteiger partial charge in [-0.05, 0) is 37.3 Å². The van der Waals surface area contributed by atoms with Crippen LogP contribution in [0.1, 0.15) is 45.8 Å². The van der Waals surface area contributed by atoms with E-state index in [1.54, 1.807) is 11.3 Å². The van der Waals surface area contributed by atoms with E-state index < -0.39 is 10.2 Å². The van der Waals surface area contributed by atoms with E-state index in [0.29, 0.717) is 52.5 Å². The van der Waals surface area contributed by atoms with E-state index in [0.717, 1.165) is 17.7 Å². The lowest BCUT2D eigenvalue weighted by Crippen LogP contribution is -2.55. The molecule has 0 bridgehead atoms. The lowest BCUT2D eigenvalue weighted by atomic mass is 10.00. The van der Waals surface area contributed by atoms with Gasteiger partial charge in [-0.25, -0.2) is 0 Å². The number of carbonyl (C=O) groups is 1. The van der Waals surface area contributed by atoms with Crippen molar-refractivity contribution in [1.29, 1.82) is 0 Å². The molecule has 7 nitrogen and oxygen atoms in total. The Kier molecular flexibility index (Phi) is 6.37. The van der Waals surface area contributed by atoms with E-state index in [9.17, 15) is 13.2 Å². The molecule has 28 heavy (non-hydrogen) atoms. The summed E-state index contributed by atoms with van der Waals surface area (Å²) in [4.78, 5) is 17.0. The molecule has 1 amide bonds. The molecular formula is C19H29N3O4S2. The maximum absolute atomic E-state index is 13.0. The molecule has 0 spiro atoms. The van der Waals surface area contributed by atoms with Gasteiger partial charge >= 0.3 is 0 Å². The van der Waals surface area contributed by atoms with Crippen LogP contribution in [0.25, 0.3) is 0 Å². The summed E-state index contributed by atoms with van der Waals surface area (Å²) in [6.45, 7) is 3.31. The number of thiophene rings is 1. The molecule has 1 aromatic rings. The van der Waals surface area contributed by atoms with E-state index in [2.05, 4.69) is 6.07 Å². The van der Waals surface area contributed by atoms with E-state index >= 15 is 0 Å². The second-order valence-electron chi connectivity index (χ2n) is 7.68. The molecule has 4 rings (SSSR count). The Morgan fingerprint density at radius 2 is 1.54 bits per heavy atom. The fourth-order valence-corrected chi connectivity index (χ4v) is 6.95. The Morgan fingerprint density at radius 1 is 0.893 bits per heavy atom. The minimum absolute atomic E-state index is 0.0557. The summed E-state index contributed by atoms with van der Waals surface area (Å²) in [6, 6.07) is 2.09. The van der Waals surface area contributed by atoms with Crippen molar-refractivity contribution in [2.45, 2.75) is 38.5 Å². The summed E-state index contributed by atoms with van der Waals surface area (Å²) >= 11 is 1.64. The quantitative estimate of drug-likeness (QED) is 0.737. The van der Waals surface area contributed by atoms with Crippen molar-refractivity contribution >= 4 is 27.5 Å². The van der Waals surface area contributed by atoms with Gasteiger partial charge in [-0.1, -0.05) is 12.8 Å². The topological polar surface area (TPSA) is 70.2 Å². The summed E-state index contributed by atoms with van der Waals surface area (Å²) in [7, 11) is -3.46. The Labute approximate surface area is 171 Å². The molecule has 2 aliphatic heterocycles. The third-order valence-electron chi connectivity index (χ3n) is 5.86. The van der Waals surface area contributed by atoms with Gasteiger partial charge in [-0.3, -0.25) is 4.79 Å². The van der Waals surface area contributed by atoms with Crippen LogP contribution >= 0.6 is 11.3 Å². The normalized spacial score (nSPS) is 23.1. The van der Waals surface area contributed by atoms with E-state index in [1.807, 2.05) is 4.90 Å². The fourth-order valence-electron chi connectivity index (χ4n) is 4.17. The molecule has 0 radical (unpaired) electrons. The molecule has 0 aromatic carbocycles. The van der Waals surface area contributed by atoms with Crippen LogP contribution in [0.15, 0.2) is 6.07 Å². The summed E-state index contributed by atoms with van der Waals surface area (Å²) in [5.41, 5.74) is 1.35. The second kappa shape index (κ2) is 8.79. The van der Waals surface area contributed by atoms with Crippen LogP contribution in [-0.4, -0.2) is 80.3 Å². The van der Waals surface area contributed by atoms with Gasteiger partial charge in [-0.2, -0.15) is 17.0 Å². The molecule has 0 saturated carbocycles. The Morgan fingerprint density at radius 3 is 2.25 bits per heavy atom. The first-order valence-electron chi connectivity index (χ1n) is 10.3. The maximum Gasteiger partial charge on any atom is 0.282 e. The van der Waals surface area contributed by atoms with Crippen molar-refractivity contribution < 1.29 is 17.9 Å². The SMILES string of the molecule is O=C(c1cc2c(s1)CCCCCC2)N1CCN(S(=O)(=O)N2CCOCC2)CC1. The van der Waals surface area contributed by atoms with Crippen molar-refractivity contribution in [2.24, 2.45) is 0 Å². The van der Waals surface area contributed by atoms with Crippen molar-refractivity contribution in [2.75, 3.05) is 52.5 Å². The number of carbonyl (C=O) groups excluding carboxylic acids is 1. The van der Waals surface area contributed by atoms with Crippen LogP contribution in [0.5, 0.6) is 0 Å². The van der Waals surface area contributed by atoms with Crippen LogP contribution in [0, 0.1) is 0 Å². The van der Waals surface area contributed by atoms with Crippen LogP contribution in [0.2, 0.25) is 0 Å². The van der Waals surface area contributed by atoms with Gasteiger partial charge in [0.2, 0.25) is 0 Å². The highest BCUT2D eigenvalue weighted by molar-refractivity contribution is 7.86. The van der Waals surface area contributed by atoms with Gasteiger partial charge in [0.25, 0.3) is 16.1 Å². The van der Waals surface area contributed by atoms with Crippen LogP contribution in [0.3, 0.4) is 0 Å². The maximum atomic E-state index is 13.0. The molecule has 1 aromatic heterocycles. The summed E-state index contributed by atoms with van der Waals surface area (Å²) in [5, 5.41) is 0. The first-order valence-corrected chi connectivity index (χ1v) is 12.5. The second-order valence-corrected chi connectivity index (χ2v) is 10.7. The molecule has 1 aliphatic carbocycles. The summed E-state index contributed by atoms with van der Waals surface area (Å²) in [6.07, 6.45) is 7.12. The largest absolute Gasteiger partial charge is 0.379 e. The van der Waals surface area contributed by atoms with Crippen molar-refractivity contribution in [3.05, 3.63) is 21.4 Å². The van der Waals surface area contributed by atoms with Crippen molar-refractivity contribution in [3.63, 3.8) is 0 Å². The van der Waals surface area contributed by atoms with Crippen LogP contribution in [0.4, 0.5) is 0 Å². The molecule has 3 heterocycles. The molecule has 0 unspecified atom stereocenters. The number of nitrogens with zero attached hydrogens (tertiary/aromatic N) is 3. The Balaban J connectivity index is 1.38. The number of fused-ring (bicyclic) bond motifs is 1. The highest BCUT2D eigenvalue weighted by Crippen LogP contribution is 2.29. The van der Waals surface area contributed by atoms with Gasteiger partial charge in [-0.15, -0.1) is 11.3 Å². The molecule has 2 fully saturated rings. The monoisotopic (exact) mass is 427 g/mol. The zero-order chi connectivity index (χ0) is 19.6. The van der Waals surface area contributed by atoms with Gasteiger partial charge in [0.15, 0.2) is 0 Å². The average molecular weight is 428 g/mol. The molecule has 3 aliphatic rings. The van der Waals surface area contributed by atoms with Gasteiger partial charge < -0.3 is 9.64 Å². The van der Waals surface area contributed by atoms with E-state index in [-0.39, 0.29) is 5.91 Å². The molecular weight excluding hydrogens is 398 g/mol. The lowest BCUT2D eigenvalue weighted by Gasteiger charge is -2.37. The van der Waals surface area contributed by atoms with Crippen molar-refractivity contribution in [3.8, 4) is 0 Å². The number of hydrogen-bond acceptors (Lipinski definition) is 5. The summed E-state index contributed by atoms with van der Waals surface area (Å²) in [5.74, 6) is 0.0557. The van der Waals surface area contributed by atoms with Gasteiger partial charge in [0, 0.05) is 44.1 Å². The molecule has 2 saturated heterocycles. The molecule has 9 heteroatoms. The zero-order valence-corrected chi connectivity index (χ0v) is 17.9. The number of ether oxygens (including phenoxy) is 1. The van der Waals surface area contributed by atoms with Crippen molar-refractivity contribution in [1.82, 2.24) is 13.5 Å². The fraction of sp³-hybridized carbons (Fsp3) is 0.737. The van der Waals surface area contributed by atoms with Crippen LogP contribution in [-0.2, 0) is 27.8 Å². The number of amides is 1. The number of morpholine rings is 1. The predicted octanol–water partition coefficient (Wildman–Crippen LogP) is 1.74. The molecule has 156 valence electrons. The number of aryl methyl sites for hydroxylation is 2. The number of piperazine rings is 1. The summed E-state index contributed by atoms with van der Waals surface area (Å²) < 4.78 is 33.8. The third kappa shape index (κ3) is 4.28. The average Bonchev–Trinajstić information content (AvgIpc) is 3.10. The Bertz CT molecular complexity index is 769. The minimum atomic E-state index is -3.46. The first kappa shape index (κ1) is 20.3. The van der Waals surface area contributed by atoms with Gasteiger partial charge in [0.1, 0.15) is 0 Å². The predicted molar refractivity (Wildman–Crippen MR) is 109 cm³/mol. The van der Waals surface area contributed by atoms with E-state index in [4.69, 9.17) is 4.74 Å². The molecule has 0 atom stereocenters. The van der Waals surface area contributed by atoms with Gasteiger partial charge in [0.05, 0.1) is 18.1 Å². The first-order chi connectivity index (χ1) is 13.6. The third-order valence-corrected chi connectivity index (χ3v) is 9.12. The minimum Gasteiger partial charge on any atom is -0.379 e. The smallest absolute Gasteiger partial charge is 0.282 e. The Hall–Kier alpha value is -1.00. The zero-order valence-electron chi connectivity index (χ0n) is 16.3. The molecule has 0 N–H and O–H groups in total. The highest BCUT2D eigenvalue weighted by Gasteiger charge is 2.34. The van der Waals surface area contributed by atoms with Crippen LogP contribution < -0.4 is 0 Å². The number of hydrogen-bond donors (Lipinski definition) is 0. The lowest BCUT2D eigenvalue weighted by molar-refractivity contribution is 0.0639.